The number of benzene rings is 3. The van der Waals surface area contributed by atoms with Crippen LogP contribution in [0.25, 0.3) is 11.1 Å². The molecule has 0 radical (unpaired) electrons. The molecule has 1 amide bonds. The van der Waals surface area contributed by atoms with Crippen molar-refractivity contribution in [3.05, 3.63) is 88.5 Å². The van der Waals surface area contributed by atoms with E-state index in [0.717, 1.165) is 16.7 Å². The van der Waals surface area contributed by atoms with Gasteiger partial charge in [-0.2, -0.15) is 0 Å². The zero-order valence-corrected chi connectivity index (χ0v) is 22.4. The van der Waals surface area contributed by atoms with Gasteiger partial charge in [-0.15, -0.1) is 0 Å². The maximum absolute atomic E-state index is 12.6. The number of alkyl carbamates (subject to hydrolysis) is 1. The smallest absolute Gasteiger partial charge is 0.407 e. The van der Waals surface area contributed by atoms with Gasteiger partial charge in [0.05, 0.1) is 0 Å². The molecule has 1 N–H and O–H groups in total. The van der Waals surface area contributed by atoms with E-state index in [-0.39, 0.29) is 19.1 Å². The second-order valence-electron chi connectivity index (χ2n) is 8.87. The topological polar surface area (TPSA) is 73.9 Å². The molecule has 0 aliphatic heterocycles. The average molecular weight is 524 g/mol. The summed E-state index contributed by atoms with van der Waals surface area (Å²) in [6.45, 7) is 5.18. The van der Waals surface area contributed by atoms with E-state index in [1.165, 1.54) is 22.3 Å². The van der Waals surface area contributed by atoms with E-state index in [1.807, 2.05) is 56.9 Å². The highest BCUT2D eigenvalue weighted by molar-refractivity contribution is 8.04. The lowest BCUT2D eigenvalue weighted by Crippen LogP contribution is -2.26. The van der Waals surface area contributed by atoms with Crippen LogP contribution in [0.4, 0.5) is 4.79 Å². The molecular weight excluding hydrogens is 493 g/mol. The Kier molecular flexibility index (Phi) is 8.44. The number of hydrogen-bond acceptors (Lipinski definition) is 6. The van der Waals surface area contributed by atoms with Gasteiger partial charge in [0.15, 0.2) is 6.61 Å². The van der Waals surface area contributed by atoms with Gasteiger partial charge in [0.25, 0.3) is 0 Å². The van der Waals surface area contributed by atoms with Gasteiger partial charge in [0.1, 0.15) is 18.7 Å². The molecule has 6 nitrogen and oxygen atoms in total. The largest absolute Gasteiger partial charge is 0.482 e. The highest BCUT2D eigenvalue weighted by Gasteiger charge is 2.29. The van der Waals surface area contributed by atoms with Crippen LogP contribution in [0, 0.1) is 13.8 Å². The Morgan fingerprint density at radius 3 is 2.11 bits per heavy atom. The van der Waals surface area contributed by atoms with Crippen LogP contribution < -0.4 is 10.1 Å². The first kappa shape index (κ1) is 25.9. The van der Waals surface area contributed by atoms with E-state index in [2.05, 4.69) is 29.6 Å². The van der Waals surface area contributed by atoms with Crippen molar-refractivity contribution in [3.8, 4) is 16.9 Å². The van der Waals surface area contributed by atoms with Crippen molar-refractivity contribution in [3.63, 3.8) is 0 Å². The number of hydrogen-bond donors (Lipinski definition) is 1. The SMILES string of the molecule is Cc1cc(OCC(=O)OC[PH](C)=S)cc(C)c1CNC(=O)OCC1c2ccccc2-c2ccccc21. The Labute approximate surface area is 217 Å². The molecular formula is C28H30NO5PS. The minimum Gasteiger partial charge on any atom is -0.482 e. The third-order valence-corrected chi connectivity index (χ3v) is 7.12. The number of rotatable bonds is 9. The number of esters is 1. The molecule has 1 atom stereocenters. The Morgan fingerprint density at radius 2 is 1.53 bits per heavy atom. The highest BCUT2D eigenvalue weighted by Crippen LogP contribution is 2.44. The predicted octanol–water partition coefficient (Wildman–Crippen LogP) is 5.53. The number of amides is 1. The van der Waals surface area contributed by atoms with Crippen LogP contribution in [0.1, 0.15) is 33.7 Å². The van der Waals surface area contributed by atoms with Gasteiger partial charge < -0.3 is 19.5 Å². The molecule has 1 aliphatic carbocycles. The van der Waals surface area contributed by atoms with Gasteiger partial charge in [-0.25, -0.2) is 9.59 Å². The molecule has 0 saturated carbocycles. The van der Waals surface area contributed by atoms with Gasteiger partial charge in [0, 0.05) is 12.5 Å². The average Bonchev–Trinajstić information content (AvgIpc) is 3.18. The molecule has 0 fully saturated rings. The van der Waals surface area contributed by atoms with Crippen molar-refractivity contribution in [2.45, 2.75) is 26.3 Å². The zero-order valence-electron chi connectivity index (χ0n) is 20.6. The van der Waals surface area contributed by atoms with Gasteiger partial charge in [-0.3, -0.25) is 0 Å². The summed E-state index contributed by atoms with van der Waals surface area (Å²) in [4.78, 5) is 24.3. The fourth-order valence-electron chi connectivity index (χ4n) is 4.49. The predicted molar refractivity (Wildman–Crippen MR) is 146 cm³/mol. The van der Waals surface area contributed by atoms with E-state index in [1.54, 1.807) is 0 Å². The quantitative estimate of drug-likeness (QED) is 0.294. The van der Waals surface area contributed by atoms with Crippen LogP contribution in [0.3, 0.4) is 0 Å². The number of carbonyl (C=O) groups is 2. The number of aryl methyl sites for hydroxylation is 2. The van der Waals surface area contributed by atoms with Gasteiger partial charge in [0.2, 0.25) is 0 Å². The molecule has 8 heteroatoms. The number of ether oxygens (including phenoxy) is 3. The molecule has 3 aromatic carbocycles. The first-order valence-corrected chi connectivity index (χ1v) is 15.1. The third-order valence-electron chi connectivity index (χ3n) is 6.22. The van der Waals surface area contributed by atoms with Crippen molar-refractivity contribution in [2.24, 2.45) is 0 Å². The van der Waals surface area contributed by atoms with Crippen LogP contribution in [-0.2, 0) is 32.6 Å². The lowest BCUT2D eigenvalue weighted by molar-refractivity contribution is -0.143. The molecule has 36 heavy (non-hydrogen) atoms. The summed E-state index contributed by atoms with van der Waals surface area (Å²) >= 11 is 5.09. The van der Waals surface area contributed by atoms with E-state index >= 15 is 0 Å². The molecule has 1 unspecified atom stereocenters. The summed E-state index contributed by atoms with van der Waals surface area (Å²) < 4.78 is 16.3. The van der Waals surface area contributed by atoms with Gasteiger partial charge >= 0.3 is 12.1 Å². The Bertz CT molecular complexity index is 1240. The summed E-state index contributed by atoms with van der Waals surface area (Å²) in [7, 11) is 0. The molecule has 0 spiro atoms. The lowest BCUT2D eigenvalue weighted by atomic mass is 9.98. The molecule has 3 aromatic rings. The monoisotopic (exact) mass is 523 g/mol. The third kappa shape index (κ3) is 6.15. The van der Waals surface area contributed by atoms with Crippen molar-refractivity contribution < 1.29 is 23.8 Å². The van der Waals surface area contributed by atoms with Gasteiger partial charge in [-0.1, -0.05) is 60.3 Å². The van der Waals surface area contributed by atoms with Crippen molar-refractivity contribution in [2.75, 3.05) is 26.2 Å². The summed E-state index contributed by atoms with van der Waals surface area (Å²) in [6, 6.07) is 20.2. The molecule has 0 heterocycles. The fourth-order valence-corrected chi connectivity index (χ4v) is 5.03. The summed E-state index contributed by atoms with van der Waals surface area (Å²) in [5.41, 5.74) is 7.61. The van der Waals surface area contributed by atoms with Crippen LogP contribution in [0.5, 0.6) is 5.75 Å². The molecule has 0 aromatic heterocycles. The van der Waals surface area contributed by atoms with Gasteiger partial charge in [-0.05, 0) is 78.3 Å². The lowest BCUT2D eigenvalue weighted by Gasteiger charge is -2.16. The normalized spacial score (nSPS) is 12.9. The standard InChI is InChI=1S/C28H30NO5PS/c1-18-12-20(32-16-27(30)34-17-35(3)36)13-19(2)25(18)14-29-28(31)33-15-26-23-10-6-4-8-21(23)22-9-5-7-11-24(22)26/h4-13,26,35H,14-17H2,1-3H3,(H,29,31). The van der Waals surface area contributed by atoms with Crippen LogP contribution in [0.2, 0.25) is 0 Å². The van der Waals surface area contributed by atoms with E-state index in [4.69, 9.17) is 26.0 Å². The maximum Gasteiger partial charge on any atom is 0.407 e. The zero-order chi connectivity index (χ0) is 25.7. The molecule has 4 rings (SSSR count). The molecule has 188 valence electrons. The van der Waals surface area contributed by atoms with Crippen LogP contribution >= 0.6 is 6.70 Å². The Hall–Kier alpha value is -3.15. The number of nitrogens with one attached hydrogen (secondary N) is 1. The van der Waals surface area contributed by atoms with Crippen LogP contribution in [0.15, 0.2) is 60.7 Å². The minimum atomic E-state index is -1.04. The minimum absolute atomic E-state index is 0.0192. The number of fused-ring (bicyclic) bond motifs is 3. The fraction of sp³-hybridized carbons (Fsp3) is 0.286. The Morgan fingerprint density at radius 1 is 0.944 bits per heavy atom. The summed E-state index contributed by atoms with van der Waals surface area (Å²) in [6.07, 6.45) is -0.168. The van der Waals surface area contributed by atoms with E-state index in [0.29, 0.717) is 18.6 Å². The summed E-state index contributed by atoms with van der Waals surface area (Å²) in [5.74, 6) is 0.165. The molecule has 0 bridgehead atoms. The Balaban J connectivity index is 1.31. The van der Waals surface area contributed by atoms with Crippen molar-refractivity contribution in [1.82, 2.24) is 5.32 Å². The highest BCUT2D eigenvalue weighted by atomic mass is 32.4. The molecule has 0 saturated heterocycles. The van der Waals surface area contributed by atoms with E-state index in [9.17, 15) is 9.59 Å². The molecule has 1 aliphatic rings. The number of carbonyl (C=O) groups excluding carboxylic acids is 2. The summed E-state index contributed by atoms with van der Waals surface area (Å²) in [5, 5.41) is 2.87. The second-order valence-corrected chi connectivity index (χ2v) is 12.6. The van der Waals surface area contributed by atoms with Crippen molar-refractivity contribution >= 4 is 30.6 Å². The maximum atomic E-state index is 12.6. The second kappa shape index (κ2) is 11.7. The van der Waals surface area contributed by atoms with Crippen molar-refractivity contribution in [1.29, 1.82) is 0 Å². The first-order valence-electron chi connectivity index (χ1n) is 11.8. The van der Waals surface area contributed by atoms with Crippen LogP contribution in [-0.4, -0.2) is 38.3 Å². The van der Waals surface area contributed by atoms with E-state index < -0.39 is 18.8 Å². The first-order chi connectivity index (χ1) is 17.3.